The highest BCUT2D eigenvalue weighted by molar-refractivity contribution is 7.14. The fourth-order valence-electron chi connectivity index (χ4n) is 2.72. The van der Waals surface area contributed by atoms with Crippen molar-refractivity contribution in [3.8, 4) is 11.3 Å². The van der Waals surface area contributed by atoms with Crippen LogP contribution < -0.4 is 10.6 Å². The van der Waals surface area contributed by atoms with Gasteiger partial charge in [-0.2, -0.15) is 0 Å². The zero-order chi connectivity index (χ0) is 20.2. The second-order valence-electron chi connectivity index (χ2n) is 6.18. The molecule has 144 valence electrons. The number of carbonyl (C=O) groups excluding carboxylic acids is 1. The number of hydrogen-bond acceptors (Lipinski definition) is 4. The normalized spacial score (nSPS) is 10.6. The van der Waals surface area contributed by atoms with Crippen molar-refractivity contribution in [1.82, 2.24) is 4.98 Å². The van der Waals surface area contributed by atoms with Gasteiger partial charge in [0.1, 0.15) is 5.82 Å². The maximum atomic E-state index is 13.8. The van der Waals surface area contributed by atoms with E-state index in [0.29, 0.717) is 10.7 Å². The Labute approximate surface area is 176 Å². The third kappa shape index (κ3) is 4.62. The lowest BCUT2D eigenvalue weighted by molar-refractivity contribution is 0.102. The maximum absolute atomic E-state index is 13.8. The summed E-state index contributed by atoms with van der Waals surface area (Å²) in [6, 6.07) is 20.5. The highest BCUT2D eigenvalue weighted by Crippen LogP contribution is 2.29. The first-order valence-electron chi connectivity index (χ1n) is 8.73. The van der Waals surface area contributed by atoms with Crippen LogP contribution in [0.3, 0.4) is 0 Å². The van der Waals surface area contributed by atoms with E-state index in [2.05, 4.69) is 15.6 Å². The molecule has 3 aromatic carbocycles. The number of aromatic nitrogens is 1. The highest BCUT2D eigenvalue weighted by Gasteiger charge is 2.12. The minimum Gasteiger partial charge on any atom is -0.332 e. The van der Waals surface area contributed by atoms with Crippen molar-refractivity contribution >= 4 is 45.4 Å². The smallest absolute Gasteiger partial charge is 0.258 e. The molecule has 0 aliphatic heterocycles. The zero-order valence-corrected chi connectivity index (χ0v) is 16.6. The Morgan fingerprint density at radius 3 is 2.55 bits per heavy atom. The van der Waals surface area contributed by atoms with E-state index in [1.165, 1.54) is 23.5 Å². The van der Waals surface area contributed by atoms with Crippen LogP contribution in [-0.2, 0) is 0 Å². The molecule has 0 spiro atoms. The van der Waals surface area contributed by atoms with Crippen molar-refractivity contribution in [1.29, 1.82) is 0 Å². The number of thiazole rings is 1. The summed E-state index contributed by atoms with van der Waals surface area (Å²) in [4.78, 5) is 16.9. The summed E-state index contributed by atoms with van der Waals surface area (Å²) in [7, 11) is 0. The number of benzene rings is 3. The SMILES string of the molecule is O=C(Nc1cccc(-c2csc(Nc3ccc(Cl)cc3)n2)c1)c1ccccc1F. The minimum absolute atomic E-state index is 0.000937. The first-order valence-corrected chi connectivity index (χ1v) is 9.99. The van der Waals surface area contributed by atoms with Crippen molar-refractivity contribution in [2.45, 2.75) is 0 Å². The lowest BCUT2D eigenvalue weighted by atomic mass is 10.1. The van der Waals surface area contributed by atoms with Gasteiger partial charge in [0, 0.05) is 27.3 Å². The van der Waals surface area contributed by atoms with Gasteiger partial charge in [-0.3, -0.25) is 4.79 Å². The Hall–Kier alpha value is -3.22. The molecule has 2 N–H and O–H groups in total. The molecule has 0 aliphatic rings. The van der Waals surface area contributed by atoms with Crippen LogP contribution in [0.15, 0.2) is 78.2 Å². The Kier molecular flexibility index (Phi) is 5.55. The average Bonchev–Trinajstić information content (AvgIpc) is 3.19. The number of carbonyl (C=O) groups is 1. The number of halogens is 2. The highest BCUT2D eigenvalue weighted by atomic mass is 35.5. The summed E-state index contributed by atoms with van der Waals surface area (Å²) >= 11 is 7.38. The molecule has 4 aromatic rings. The number of rotatable bonds is 5. The number of hydrogen-bond donors (Lipinski definition) is 2. The van der Waals surface area contributed by atoms with Crippen molar-refractivity contribution in [3.05, 3.63) is 94.6 Å². The molecule has 29 heavy (non-hydrogen) atoms. The summed E-state index contributed by atoms with van der Waals surface area (Å²) in [5, 5.41) is 9.30. The van der Waals surface area contributed by atoms with Crippen LogP contribution in [0.5, 0.6) is 0 Å². The third-order valence-corrected chi connectivity index (χ3v) is 5.14. The third-order valence-electron chi connectivity index (χ3n) is 4.13. The predicted molar refractivity (Wildman–Crippen MR) is 117 cm³/mol. The van der Waals surface area contributed by atoms with Crippen LogP contribution in [0.1, 0.15) is 10.4 Å². The second kappa shape index (κ2) is 8.43. The predicted octanol–water partition coefficient (Wildman–Crippen LogP) is 6.60. The molecule has 4 rings (SSSR count). The molecule has 0 fully saturated rings. The van der Waals surface area contributed by atoms with Gasteiger partial charge in [0.2, 0.25) is 0 Å². The van der Waals surface area contributed by atoms with Crippen LogP contribution in [0.2, 0.25) is 5.02 Å². The first-order chi connectivity index (χ1) is 14.1. The Balaban J connectivity index is 1.50. The van der Waals surface area contributed by atoms with E-state index >= 15 is 0 Å². The van der Waals surface area contributed by atoms with E-state index in [1.807, 2.05) is 29.6 Å². The summed E-state index contributed by atoms with van der Waals surface area (Å²) in [6.45, 7) is 0. The monoisotopic (exact) mass is 423 g/mol. The second-order valence-corrected chi connectivity index (χ2v) is 7.48. The molecule has 0 aliphatic carbocycles. The summed E-state index contributed by atoms with van der Waals surface area (Å²) in [5.74, 6) is -1.05. The molecule has 0 saturated carbocycles. The number of nitrogens with one attached hydrogen (secondary N) is 2. The first kappa shape index (κ1) is 19.1. The van der Waals surface area contributed by atoms with Crippen LogP contribution in [0.4, 0.5) is 20.9 Å². The largest absolute Gasteiger partial charge is 0.332 e. The van der Waals surface area contributed by atoms with Gasteiger partial charge in [0.25, 0.3) is 5.91 Å². The van der Waals surface area contributed by atoms with Gasteiger partial charge >= 0.3 is 0 Å². The topological polar surface area (TPSA) is 54.0 Å². The molecule has 1 heterocycles. The molecule has 1 amide bonds. The standard InChI is InChI=1S/C22H15ClFN3OS/c23-15-8-10-16(11-9-15)26-22-27-20(13-29-22)14-4-3-5-17(12-14)25-21(28)18-6-1-2-7-19(18)24/h1-13H,(H,25,28)(H,26,27). The fourth-order valence-corrected chi connectivity index (χ4v) is 3.59. The molecule has 0 unspecified atom stereocenters. The molecule has 4 nitrogen and oxygen atoms in total. The van der Waals surface area contributed by atoms with Crippen LogP contribution in [-0.4, -0.2) is 10.9 Å². The van der Waals surface area contributed by atoms with E-state index in [0.717, 1.165) is 22.1 Å². The van der Waals surface area contributed by atoms with E-state index in [4.69, 9.17) is 11.6 Å². The van der Waals surface area contributed by atoms with Gasteiger partial charge < -0.3 is 10.6 Å². The molecule has 0 radical (unpaired) electrons. The minimum atomic E-state index is -0.557. The van der Waals surface area contributed by atoms with Crippen LogP contribution in [0.25, 0.3) is 11.3 Å². The van der Waals surface area contributed by atoms with Gasteiger partial charge in [0.15, 0.2) is 5.13 Å². The van der Waals surface area contributed by atoms with Crippen LogP contribution in [0, 0.1) is 5.82 Å². The summed E-state index contributed by atoms with van der Waals surface area (Å²) in [6.07, 6.45) is 0. The molecule has 1 aromatic heterocycles. The van der Waals surface area contributed by atoms with Gasteiger partial charge in [0.05, 0.1) is 11.3 Å². The quantitative estimate of drug-likeness (QED) is 0.380. The molecule has 0 atom stereocenters. The average molecular weight is 424 g/mol. The lowest BCUT2D eigenvalue weighted by Gasteiger charge is -2.07. The van der Waals surface area contributed by atoms with E-state index in [-0.39, 0.29) is 5.56 Å². The van der Waals surface area contributed by atoms with Crippen molar-refractivity contribution < 1.29 is 9.18 Å². The molecule has 0 bridgehead atoms. The van der Waals surface area contributed by atoms with Crippen LogP contribution >= 0.6 is 22.9 Å². The van der Waals surface area contributed by atoms with Gasteiger partial charge in [-0.15, -0.1) is 11.3 Å². The van der Waals surface area contributed by atoms with Gasteiger partial charge in [-0.05, 0) is 48.5 Å². The van der Waals surface area contributed by atoms with Crippen molar-refractivity contribution in [2.75, 3.05) is 10.6 Å². The number of anilines is 3. The lowest BCUT2D eigenvalue weighted by Crippen LogP contribution is -2.13. The fraction of sp³-hybridized carbons (Fsp3) is 0. The maximum Gasteiger partial charge on any atom is 0.258 e. The van der Waals surface area contributed by atoms with E-state index in [1.54, 1.807) is 36.4 Å². The molecular weight excluding hydrogens is 409 g/mol. The van der Waals surface area contributed by atoms with Crippen molar-refractivity contribution in [3.63, 3.8) is 0 Å². The Morgan fingerprint density at radius 1 is 0.966 bits per heavy atom. The Bertz CT molecular complexity index is 1160. The molecule has 0 saturated heterocycles. The summed E-state index contributed by atoms with van der Waals surface area (Å²) < 4.78 is 13.8. The number of nitrogens with zero attached hydrogens (tertiary/aromatic N) is 1. The van der Waals surface area contributed by atoms with E-state index < -0.39 is 11.7 Å². The molecule has 7 heteroatoms. The zero-order valence-electron chi connectivity index (χ0n) is 15.0. The van der Waals surface area contributed by atoms with Gasteiger partial charge in [-0.1, -0.05) is 35.9 Å². The summed E-state index contributed by atoms with van der Waals surface area (Å²) in [5.41, 5.74) is 3.07. The van der Waals surface area contributed by atoms with Gasteiger partial charge in [-0.25, -0.2) is 9.37 Å². The Morgan fingerprint density at radius 2 is 1.76 bits per heavy atom. The van der Waals surface area contributed by atoms with E-state index in [9.17, 15) is 9.18 Å². The van der Waals surface area contributed by atoms with Crippen molar-refractivity contribution in [2.24, 2.45) is 0 Å². The molecular formula is C22H15ClFN3OS. The number of amides is 1.